The van der Waals surface area contributed by atoms with Crippen LogP contribution in [0.5, 0.6) is 23.0 Å². The summed E-state index contributed by atoms with van der Waals surface area (Å²) in [6, 6.07) is 10.5. The van der Waals surface area contributed by atoms with Crippen molar-refractivity contribution >= 4 is 11.6 Å². The van der Waals surface area contributed by atoms with Gasteiger partial charge in [0.15, 0.2) is 11.5 Å². The summed E-state index contributed by atoms with van der Waals surface area (Å²) < 4.78 is 27.4. The fourth-order valence-corrected chi connectivity index (χ4v) is 3.06. The monoisotopic (exact) mass is 387 g/mol. The molecule has 1 heterocycles. The van der Waals surface area contributed by atoms with E-state index in [1.165, 1.54) is 21.3 Å². The predicted molar refractivity (Wildman–Crippen MR) is 105 cm³/mol. The Morgan fingerprint density at radius 2 is 1.79 bits per heavy atom. The highest BCUT2D eigenvalue weighted by molar-refractivity contribution is 6.05. The van der Waals surface area contributed by atoms with Crippen LogP contribution in [-0.2, 0) is 4.74 Å². The molecule has 1 amide bonds. The summed E-state index contributed by atoms with van der Waals surface area (Å²) in [5.74, 6) is 1.54. The summed E-state index contributed by atoms with van der Waals surface area (Å²) in [4.78, 5) is 12.8. The lowest BCUT2D eigenvalue weighted by molar-refractivity contribution is 0.0682. The van der Waals surface area contributed by atoms with Crippen LogP contribution in [0, 0.1) is 0 Å². The summed E-state index contributed by atoms with van der Waals surface area (Å²) in [7, 11) is 4.53. The number of ether oxygens (including phenoxy) is 5. The molecule has 0 spiro atoms. The van der Waals surface area contributed by atoms with Gasteiger partial charge in [-0.05, 0) is 37.1 Å². The zero-order valence-electron chi connectivity index (χ0n) is 16.3. The lowest BCUT2D eigenvalue weighted by Gasteiger charge is -2.16. The van der Waals surface area contributed by atoms with E-state index in [4.69, 9.17) is 23.7 Å². The molecular weight excluding hydrogens is 362 g/mol. The van der Waals surface area contributed by atoms with E-state index in [9.17, 15) is 4.79 Å². The maximum Gasteiger partial charge on any atom is 0.256 e. The van der Waals surface area contributed by atoms with Crippen molar-refractivity contribution in [1.82, 2.24) is 0 Å². The molecule has 0 unspecified atom stereocenters. The van der Waals surface area contributed by atoms with E-state index in [1.807, 2.05) is 18.2 Å². The van der Waals surface area contributed by atoms with Gasteiger partial charge in [0.1, 0.15) is 12.4 Å². The Morgan fingerprint density at radius 3 is 2.39 bits per heavy atom. The van der Waals surface area contributed by atoms with Crippen LogP contribution < -0.4 is 24.3 Å². The van der Waals surface area contributed by atoms with Crippen LogP contribution in [0.2, 0.25) is 0 Å². The molecule has 0 radical (unpaired) electrons. The predicted octanol–water partition coefficient (Wildman–Crippen LogP) is 3.52. The van der Waals surface area contributed by atoms with Gasteiger partial charge in [-0.2, -0.15) is 0 Å². The summed E-state index contributed by atoms with van der Waals surface area (Å²) >= 11 is 0. The first-order valence-corrected chi connectivity index (χ1v) is 9.11. The van der Waals surface area contributed by atoms with Gasteiger partial charge in [-0.25, -0.2) is 0 Å². The molecule has 1 aliphatic rings. The van der Waals surface area contributed by atoms with Gasteiger partial charge in [-0.3, -0.25) is 4.79 Å². The molecule has 2 aromatic rings. The first kappa shape index (κ1) is 19.8. The molecule has 28 heavy (non-hydrogen) atoms. The van der Waals surface area contributed by atoms with Gasteiger partial charge in [0.2, 0.25) is 5.75 Å². The summed E-state index contributed by atoms with van der Waals surface area (Å²) in [5, 5.41) is 2.89. The Balaban J connectivity index is 1.77. The van der Waals surface area contributed by atoms with Crippen molar-refractivity contribution < 1.29 is 28.5 Å². The second kappa shape index (κ2) is 9.32. The van der Waals surface area contributed by atoms with Crippen molar-refractivity contribution in [3.63, 3.8) is 0 Å². The molecule has 7 heteroatoms. The zero-order valence-corrected chi connectivity index (χ0v) is 16.3. The van der Waals surface area contributed by atoms with Crippen molar-refractivity contribution in [1.29, 1.82) is 0 Å². The molecule has 3 rings (SSSR count). The minimum atomic E-state index is -0.313. The van der Waals surface area contributed by atoms with E-state index in [1.54, 1.807) is 18.2 Å². The minimum absolute atomic E-state index is 0.0962. The number of hydrogen-bond acceptors (Lipinski definition) is 6. The smallest absolute Gasteiger partial charge is 0.256 e. The lowest BCUT2D eigenvalue weighted by atomic mass is 10.1. The van der Waals surface area contributed by atoms with E-state index in [0.29, 0.717) is 40.9 Å². The Bertz CT molecular complexity index is 791. The fraction of sp³-hybridized carbons (Fsp3) is 0.381. The Morgan fingerprint density at radius 1 is 1.07 bits per heavy atom. The summed E-state index contributed by atoms with van der Waals surface area (Å²) in [5.41, 5.74) is 0.961. The fourth-order valence-electron chi connectivity index (χ4n) is 3.06. The number of methoxy groups -OCH3 is 3. The number of carbonyl (C=O) groups excluding carboxylic acids is 1. The van der Waals surface area contributed by atoms with Crippen molar-refractivity contribution in [3.8, 4) is 23.0 Å². The van der Waals surface area contributed by atoms with E-state index in [0.717, 1.165) is 19.4 Å². The molecule has 1 N–H and O–H groups in total. The highest BCUT2D eigenvalue weighted by Crippen LogP contribution is 2.38. The molecule has 1 fully saturated rings. The molecule has 0 aromatic heterocycles. The van der Waals surface area contributed by atoms with E-state index in [2.05, 4.69) is 5.32 Å². The molecule has 0 bridgehead atoms. The van der Waals surface area contributed by atoms with Gasteiger partial charge in [0, 0.05) is 12.2 Å². The average molecular weight is 387 g/mol. The topological polar surface area (TPSA) is 75.3 Å². The van der Waals surface area contributed by atoms with Crippen molar-refractivity contribution in [3.05, 3.63) is 42.0 Å². The van der Waals surface area contributed by atoms with Crippen molar-refractivity contribution in [2.75, 3.05) is 39.9 Å². The number of anilines is 1. The van der Waals surface area contributed by atoms with E-state index in [-0.39, 0.29) is 12.0 Å². The minimum Gasteiger partial charge on any atom is -0.493 e. The van der Waals surface area contributed by atoms with Crippen LogP contribution in [0.1, 0.15) is 23.2 Å². The van der Waals surface area contributed by atoms with Gasteiger partial charge < -0.3 is 29.0 Å². The van der Waals surface area contributed by atoms with Crippen LogP contribution in [0.3, 0.4) is 0 Å². The molecule has 2 aromatic carbocycles. The maximum atomic E-state index is 12.8. The first-order valence-electron chi connectivity index (χ1n) is 9.11. The number of hydrogen-bond donors (Lipinski definition) is 1. The molecular formula is C21H25NO6. The second-order valence-electron chi connectivity index (χ2n) is 6.31. The third-order valence-electron chi connectivity index (χ3n) is 4.51. The van der Waals surface area contributed by atoms with Crippen LogP contribution in [0.25, 0.3) is 0 Å². The maximum absolute atomic E-state index is 12.8. The second-order valence-corrected chi connectivity index (χ2v) is 6.31. The third kappa shape index (κ3) is 4.48. The van der Waals surface area contributed by atoms with E-state index < -0.39 is 0 Å². The summed E-state index contributed by atoms with van der Waals surface area (Å²) in [6.07, 6.45) is 2.13. The van der Waals surface area contributed by atoms with E-state index >= 15 is 0 Å². The highest BCUT2D eigenvalue weighted by atomic mass is 16.5. The quantitative estimate of drug-likeness (QED) is 0.747. The lowest BCUT2D eigenvalue weighted by Crippen LogP contribution is -2.18. The van der Waals surface area contributed by atoms with Crippen LogP contribution in [0.15, 0.2) is 36.4 Å². The molecule has 0 saturated carbocycles. The average Bonchev–Trinajstić information content (AvgIpc) is 3.25. The molecule has 1 atom stereocenters. The van der Waals surface area contributed by atoms with Gasteiger partial charge in [-0.1, -0.05) is 12.1 Å². The molecule has 150 valence electrons. The Labute approximate surface area is 164 Å². The standard InChI is InChI=1S/C21H25NO6/c1-24-18-11-14(12-19(25-2)20(18)26-3)21(23)22-16-8-4-5-9-17(16)28-13-15-7-6-10-27-15/h4-5,8-9,11-12,15H,6-7,10,13H2,1-3H3,(H,22,23)/t15-/m0/s1. The molecule has 1 aliphatic heterocycles. The Kier molecular flexibility index (Phi) is 6.60. The number of amides is 1. The van der Waals surface area contributed by atoms with Gasteiger partial charge >= 0.3 is 0 Å². The van der Waals surface area contributed by atoms with Gasteiger partial charge in [0.25, 0.3) is 5.91 Å². The number of benzene rings is 2. The van der Waals surface area contributed by atoms with Crippen molar-refractivity contribution in [2.24, 2.45) is 0 Å². The SMILES string of the molecule is COc1cc(C(=O)Nc2ccccc2OC[C@@H]2CCCO2)cc(OC)c1OC. The number of rotatable bonds is 8. The first-order chi connectivity index (χ1) is 13.7. The van der Waals surface area contributed by atoms with Crippen LogP contribution in [0.4, 0.5) is 5.69 Å². The third-order valence-corrected chi connectivity index (χ3v) is 4.51. The Hall–Kier alpha value is -2.93. The molecule has 1 saturated heterocycles. The molecule has 7 nitrogen and oxygen atoms in total. The van der Waals surface area contributed by atoms with Gasteiger partial charge in [0.05, 0.1) is 33.1 Å². The number of carbonyl (C=O) groups is 1. The van der Waals surface area contributed by atoms with Crippen LogP contribution >= 0.6 is 0 Å². The number of para-hydroxylation sites is 2. The largest absolute Gasteiger partial charge is 0.493 e. The highest BCUT2D eigenvalue weighted by Gasteiger charge is 2.19. The number of nitrogens with one attached hydrogen (secondary N) is 1. The zero-order chi connectivity index (χ0) is 19.9. The normalized spacial score (nSPS) is 15.8. The molecule has 0 aliphatic carbocycles. The van der Waals surface area contributed by atoms with Crippen LogP contribution in [-0.4, -0.2) is 46.6 Å². The van der Waals surface area contributed by atoms with Crippen molar-refractivity contribution in [2.45, 2.75) is 18.9 Å². The summed E-state index contributed by atoms with van der Waals surface area (Å²) in [6.45, 7) is 1.23. The van der Waals surface area contributed by atoms with Gasteiger partial charge in [-0.15, -0.1) is 0 Å².